The second-order valence-electron chi connectivity index (χ2n) is 16.4. The van der Waals surface area contributed by atoms with Crippen LogP contribution in [-0.2, 0) is 60.9 Å². The predicted octanol–water partition coefficient (Wildman–Crippen LogP) is 0.688. The van der Waals surface area contributed by atoms with Gasteiger partial charge >= 0.3 is 52.6 Å². The fourth-order valence-electron chi connectivity index (χ4n) is 7.61. The van der Waals surface area contributed by atoms with Crippen molar-refractivity contribution in [3.8, 4) is 22.5 Å². The maximum atomic E-state index is 13.2. The Hall–Kier alpha value is -5.11. The van der Waals surface area contributed by atoms with Gasteiger partial charge in [-0.3, -0.25) is 42.8 Å². The molecule has 0 saturated carbocycles. The minimum absolute atomic E-state index is 0.0111. The Labute approximate surface area is 421 Å². The number of aromatic nitrogens is 2. The minimum atomic E-state index is -6.04. The summed E-state index contributed by atoms with van der Waals surface area (Å²) in [5.74, 6) is -4.98. The molecular weight excluding hydrogens is 1130 g/mol. The van der Waals surface area contributed by atoms with Crippen LogP contribution in [0.5, 0.6) is 0 Å². The third-order valence-corrected chi connectivity index (χ3v) is 20.1. The quantitative estimate of drug-likeness (QED) is 0.0141. The number of hydrogen-bond acceptors (Lipinski definition) is 21. The van der Waals surface area contributed by atoms with Crippen LogP contribution in [0.15, 0.2) is 72.5 Å². The second-order valence-corrected chi connectivity index (χ2v) is 26.5. The van der Waals surface area contributed by atoms with Gasteiger partial charge in [-0.2, -0.15) is 12.7 Å². The molecule has 31 nitrogen and oxygen atoms in total. The number of H-pyrrole nitrogens is 1. The summed E-state index contributed by atoms with van der Waals surface area (Å²) in [7, 11) is -33.1. The van der Waals surface area contributed by atoms with Crippen LogP contribution in [-0.4, -0.2) is 115 Å². The number of nitrogens with one attached hydrogen (secondary N) is 2. The number of benzene rings is 3. The number of ether oxygens (including phenoxy) is 1. The van der Waals surface area contributed by atoms with Crippen LogP contribution in [0.3, 0.4) is 0 Å². The third kappa shape index (κ3) is 14.5. The molecular formula is C38H45N5O26P4S2. The Balaban J connectivity index is 0.997. The Morgan fingerprint density at radius 1 is 0.920 bits per heavy atom. The Morgan fingerprint density at radius 3 is 2.24 bits per heavy atom. The van der Waals surface area contributed by atoms with E-state index in [-0.39, 0.29) is 65.4 Å². The molecule has 3 aromatic rings. The van der Waals surface area contributed by atoms with E-state index in [4.69, 9.17) is 24.8 Å². The van der Waals surface area contributed by atoms with E-state index in [0.717, 1.165) is 35.0 Å². The largest absolute Gasteiger partial charge is 0.744 e. The molecule has 3 aliphatic rings. The number of carbonyl (C=O) groups is 2. The van der Waals surface area contributed by atoms with E-state index in [1.165, 1.54) is 25.1 Å². The first-order valence-electron chi connectivity index (χ1n) is 21.3. The van der Waals surface area contributed by atoms with Gasteiger partial charge in [0.1, 0.15) is 27.3 Å². The number of phosphoric ester groups is 1. The van der Waals surface area contributed by atoms with Gasteiger partial charge in [-0.1, -0.05) is 18.9 Å². The van der Waals surface area contributed by atoms with Crippen LogP contribution in [0.2, 0.25) is 0 Å². The van der Waals surface area contributed by atoms with Crippen molar-refractivity contribution in [1.82, 2.24) is 14.9 Å². The van der Waals surface area contributed by atoms with Crippen molar-refractivity contribution in [2.45, 2.75) is 67.3 Å². The molecule has 0 bridgehead atoms. The van der Waals surface area contributed by atoms with Crippen molar-refractivity contribution in [1.29, 1.82) is 0 Å². The lowest BCUT2D eigenvalue weighted by Crippen LogP contribution is -2.47. The lowest BCUT2D eigenvalue weighted by molar-refractivity contribution is -0.176. The van der Waals surface area contributed by atoms with Crippen molar-refractivity contribution < 1.29 is 116 Å². The molecule has 1 fully saturated rings. The number of nitrogens with zero attached hydrogens (tertiary/aromatic N) is 1. The van der Waals surface area contributed by atoms with Crippen LogP contribution in [0.1, 0.15) is 64.6 Å². The zero-order valence-corrected chi connectivity index (χ0v) is 43.5. The van der Waals surface area contributed by atoms with Crippen molar-refractivity contribution in [3.05, 3.63) is 91.5 Å². The fraction of sp³-hybridized carbons (Fsp3) is 0.342. The zero-order valence-electron chi connectivity index (χ0n) is 38.3. The van der Waals surface area contributed by atoms with Gasteiger partial charge in [0.05, 0.1) is 30.6 Å². The number of phosphoric acid groups is 2. The number of fused-ring (bicyclic) bond motifs is 2. The molecule has 2 aliphatic heterocycles. The number of carbonyl (C=O) groups excluding carboxylic acids is 1. The molecule has 1 aliphatic carbocycles. The first kappa shape index (κ1) is 59.1. The minimum Gasteiger partial charge on any atom is -0.744 e. The summed E-state index contributed by atoms with van der Waals surface area (Å²) in [4.78, 5) is 89.7. The smallest absolute Gasteiger partial charge is 0.488 e. The number of amides is 1. The summed E-state index contributed by atoms with van der Waals surface area (Å²) in [5, 5.41) is 28.2. The lowest BCUT2D eigenvalue weighted by atomic mass is 9.89. The number of carboxylic acids is 1. The van der Waals surface area contributed by atoms with E-state index < -0.39 is 149 Å². The van der Waals surface area contributed by atoms with Gasteiger partial charge in [-0.15, -0.1) is 0 Å². The summed E-state index contributed by atoms with van der Waals surface area (Å²) in [6.07, 6.45) is -2.33. The predicted molar refractivity (Wildman–Crippen MR) is 252 cm³/mol. The average molecular weight is 1180 g/mol. The van der Waals surface area contributed by atoms with Crippen LogP contribution < -0.4 is 33.1 Å². The average Bonchev–Trinajstić information content (AvgIpc) is 3.63. The molecule has 13 N–H and O–H groups in total. The molecule has 37 heteroatoms. The number of aryl methyl sites for hydroxylation is 1. The van der Waals surface area contributed by atoms with E-state index >= 15 is 0 Å². The number of aliphatic hydroxyl groups is 1. The van der Waals surface area contributed by atoms with Crippen LogP contribution in [0.4, 0.5) is 5.69 Å². The summed E-state index contributed by atoms with van der Waals surface area (Å²) in [5.41, 5.74) is 1.43. The highest BCUT2D eigenvalue weighted by molar-refractivity contribution is 7.86. The molecule has 0 spiro atoms. The number of nitrogen functional groups attached to an aromatic ring is 1. The van der Waals surface area contributed by atoms with Crippen molar-refractivity contribution >= 4 is 79.6 Å². The SMILES string of the molecule is Cc1cn([C@H]2C[C@@H](O)[C@@H](COP(=O)(O)OP(=O)(O)OP(=O)(O)CP(=O)(O)OCCCCCCNC(=O)c3ccc(-c4c5ccc(=[NH2+])c(S(=O)(=O)O)c-5oc5c(S(=O)(=O)[O-])c(N)ccc45)c(C(=O)O)c3)O2)c(=O)[nH]c1=O. The number of aliphatic hydroxyl groups excluding tert-OH is 1. The zero-order chi connectivity index (χ0) is 55.8. The number of unbranched alkanes of at least 4 members (excludes halogenated alkanes) is 3. The Morgan fingerprint density at radius 2 is 1.59 bits per heavy atom. The van der Waals surface area contributed by atoms with Crippen molar-refractivity contribution in [2.75, 3.05) is 31.4 Å². The highest BCUT2D eigenvalue weighted by atomic mass is 32.2. The monoisotopic (exact) mass is 1180 g/mol. The number of nitrogens with two attached hydrogens (primary N) is 2. The van der Waals surface area contributed by atoms with Gasteiger partial charge in [0, 0.05) is 52.9 Å². The third-order valence-electron chi connectivity index (χ3n) is 10.8. The molecule has 75 heavy (non-hydrogen) atoms. The molecule has 4 unspecified atom stereocenters. The van der Waals surface area contributed by atoms with Gasteiger partial charge in [0.25, 0.3) is 11.5 Å². The number of rotatable bonds is 23. The molecule has 3 heterocycles. The van der Waals surface area contributed by atoms with E-state index in [2.05, 4.69) is 18.5 Å². The van der Waals surface area contributed by atoms with Crippen LogP contribution in [0.25, 0.3) is 33.4 Å². The molecule has 6 rings (SSSR count). The number of carboxylic acid groups (broad SMARTS) is 1. The molecule has 7 atom stereocenters. The second kappa shape index (κ2) is 22.5. The molecule has 410 valence electrons. The summed E-state index contributed by atoms with van der Waals surface area (Å²) in [6, 6.07) is 7.67. The summed E-state index contributed by atoms with van der Waals surface area (Å²) < 4.78 is 151. The van der Waals surface area contributed by atoms with E-state index in [1.807, 2.05) is 4.98 Å². The van der Waals surface area contributed by atoms with Crippen molar-refractivity contribution in [2.24, 2.45) is 0 Å². The normalized spacial score (nSPS) is 19.5. The first-order valence-corrected chi connectivity index (χ1v) is 30.6. The van der Waals surface area contributed by atoms with Crippen molar-refractivity contribution in [3.63, 3.8) is 0 Å². The first-order chi connectivity index (χ1) is 34.6. The van der Waals surface area contributed by atoms with Crippen LogP contribution in [0, 0.1) is 6.92 Å². The number of hydrogen-bond donors (Lipinski definition) is 11. The molecule has 1 amide bonds. The maximum Gasteiger partial charge on any atom is 0.488 e. The molecule has 1 aromatic heterocycles. The van der Waals surface area contributed by atoms with E-state index in [1.54, 1.807) is 0 Å². The van der Waals surface area contributed by atoms with Gasteiger partial charge in [0.2, 0.25) is 10.3 Å². The van der Waals surface area contributed by atoms with Crippen LogP contribution >= 0.6 is 30.8 Å². The van der Waals surface area contributed by atoms with E-state index in [9.17, 15) is 93.2 Å². The number of aromatic carboxylic acids is 1. The van der Waals surface area contributed by atoms with Gasteiger partial charge in [-0.05, 0) is 55.7 Å². The lowest BCUT2D eigenvalue weighted by Gasteiger charge is -2.21. The highest BCUT2D eigenvalue weighted by Crippen LogP contribution is 2.70. The number of aromatic amines is 1. The standard InChI is InChI=1S/C38H45N5O26P4S2/c1-19-16-43(38(49)42-35(19)45)29-15-27(44)28(66-29)17-65-72(54,55)69-73(56,57)68-71(52,53)18-70(50,51)64-13-5-3-2-4-12-41-36(46)20-6-7-21(24(14-20)37(47)48)30-22-8-10-25(39)33(74(58,59)60)31(22)67-32-23(30)9-11-26(40)34(32)75(61,62)63/h6-11,14,16,27-29,39,44H,2-5,12-13,15,17-18,40H2,1H3,(H,41,46)(H,47,48)(H,50,51)(H,52,53)(H,54,55)(H,56,57)(H,42,45,49)(H,58,59,60)(H,61,62,63)/t27-,28-,29-/m1/s1. The summed E-state index contributed by atoms with van der Waals surface area (Å²) >= 11 is 0. The summed E-state index contributed by atoms with van der Waals surface area (Å²) in [6.45, 7) is -0.164. The Bertz CT molecular complexity index is 3680. The van der Waals surface area contributed by atoms with Gasteiger partial charge in [-0.25, -0.2) is 31.4 Å². The molecule has 2 aromatic carbocycles. The Kier molecular flexibility index (Phi) is 17.7. The van der Waals surface area contributed by atoms with E-state index in [0.29, 0.717) is 6.42 Å². The fourth-order valence-corrected chi connectivity index (χ4v) is 15.6. The molecule has 1 saturated heterocycles. The van der Waals surface area contributed by atoms with Gasteiger partial charge < -0.3 is 59.1 Å². The molecule has 0 radical (unpaired) electrons. The topological polar surface area (TPSA) is 513 Å². The highest BCUT2D eigenvalue weighted by Gasteiger charge is 2.46. The van der Waals surface area contributed by atoms with Gasteiger partial charge in [0.15, 0.2) is 17.2 Å². The maximum absolute atomic E-state index is 13.2. The number of anilines is 1.